The third-order valence-electron chi connectivity index (χ3n) is 6.64. The smallest absolute Gasteiger partial charge is 0.421 e. The SMILES string of the molecule is CC1(C)CC2(CC(=O)N(c3ccccc3)C(=O)O2)CC(C)(C)N1OC1CCCCC1. The number of carbonyl (C=O) groups is 2. The fraction of sp³-hybridized carbons (Fsp3) is 0.667. The van der Waals surface area contributed by atoms with Crippen molar-refractivity contribution in [2.24, 2.45) is 0 Å². The Balaban J connectivity index is 1.55. The maximum atomic E-state index is 13.1. The van der Waals surface area contributed by atoms with Gasteiger partial charge >= 0.3 is 6.09 Å². The van der Waals surface area contributed by atoms with E-state index in [-0.39, 0.29) is 29.5 Å². The minimum Gasteiger partial charge on any atom is -0.442 e. The van der Waals surface area contributed by atoms with Gasteiger partial charge in [0.2, 0.25) is 5.91 Å². The van der Waals surface area contributed by atoms with Crippen LogP contribution in [0.1, 0.15) is 79.1 Å². The van der Waals surface area contributed by atoms with Gasteiger partial charge < -0.3 is 4.74 Å². The standard InChI is InChI=1S/C24H34N2O4/c1-22(2)16-24(17-23(3,4)26(22)30-19-13-9-6-10-14-19)15-20(27)25(21(28)29-24)18-11-7-5-8-12-18/h5,7-8,11-12,19H,6,9-10,13-17H2,1-4H3. The number of hydrogen-bond donors (Lipinski definition) is 0. The average molecular weight is 415 g/mol. The quantitative estimate of drug-likeness (QED) is 0.679. The van der Waals surface area contributed by atoms with Crippen LogP contribution >= 0.6 is 0 Å². The van der Waals surface area contributed by atoms with E-state index in [9.17, 15) is 9.59 Å². The van der Waals surface area contributed by atoms with Gasteiger partial charge in [-0.3, -0.25) is 9.63 Å². The van der Waals surface area contributed by atoms with Crippen molar-refractivity contribution in [3.8, 4) is 0 Å². The molecule has 3 aliphatic rings. The van der Waals surface area contributed by atoms with Crippen molar-refractivity contribution in [1.29, 1.82) is 0 Å². The largest absolute Gasteiger partial charge is 0.442 e. The van der Waals surface area contributed by atoms with Crippen LogP contribution in [0.4, 0.5) is 10.5 Å². The first-order valence-electron chi connectivity index (χ1n) is 11.2. The van der Waals surface area contributed by atoms with Crippen molar-refractivity contribution >= 4 is 17.7 Å². The normalized spacial score (nSPS) is 26.6. The Kier molecular flexibility index (Phi) is 5.43. The lowest BCUT2D eigenvalue weighted by molar-refractivity contribution is -0.327. The zero-order chi connectivity index (χ0) is 21.6. The molecule has 1 saturated carbocycles. The van der Waals surface area contributed by atoms with E-state index in [1.807, 2.05) is 18.2 Å². The van der Waals surface area contributed by atoms with Gasteiger partial charge in [0.25, 0.3) is 0 Å². The number of anilines is 1. The summed E-state index contributed by atoms with van der Waals surface area (Å²) in [4.78, 5) is 33.7. The topological polar surface area (TPSA) is 59.1 Å². The molecule has 1 aromatic rings. The second-order valence-corrected chi connectivity index (χ2v) is 10.4. The molecule has 6 heteroatoms. The van der Waals surface area contributed by atoms with Crippen molar-refractivity contribution in [3.05, 3.63) is 30.3 Å². The van der Waals surface area contributed by atoms with Crippen LogP contribution in [-0.2, 0) is 14.4 Å². The molecule has 2 heterocycles. The lowest BCUT2D eigenvalue weighted by Gasteiger charge is -2.59. The van der Waals surface area contributed by atoms with Crippen molar-refractivity contribution in [1.82, 2.24) is 5.06 Å². The van der Waals surface area contributed by atoms with Crippen LogP contribution in [-0.4, -0.2) is 39.8 Å². The van der Waals surface area contributed by atoms with Gasteiger partial charge in [-0.1, -0.05) is 37.5 Å². The molecule has 2 aliphatic heterocycles. The fourth-order valence-electron chi connectivity index (χ4n) is 5.95. The highest BCUT2D eigenvalue weighted by molar-refractivity contribution is 6.14. The molecule has 0 aromatic heterocycles. The summed E-state index contributed by atoms with van der Waals surface area (Å²) in [6.45, 7) is 8.50. The maximum Gasteiger partial charge on any atom is 0.421 e. The molecule has 1 aromatic carbocycles. The molecule has 4 rings (SSSR count). The molecule has 2 saturated heterocycles. The molecule has 2 amide bonds. The fourth-order valence-corrected chi connectivity index (χ4v) is 5.95. The highest BCUT2D eigenvalue weighted by Gasteiger charge is 2.59. The molecule has 1 spiro atoms. The summed E-state index contributed by atoms with van der Waals surface area (Å²) in [6, 6.07) is 9.00. The van der Waals surface area contributed by atoms with Crippen molar-refractivity contribution in [2.75, 3.05) is 4.90 Å². The summed E-state index contributed by atoms with van der Waals surface area (Å²) in [7, 11) is 0. The minimum absolute atomic E-state index is 0.192. The average Bonchev–Trinajstić information content (AvgIpc) is 2.65. The Hall–Kier alpha value is -1.92. The van der Waals surface area contributed by atoms with Crippen molar-refractivity contribution < 1.29 is 19.2 Å². The Labute approximate surface area is 179 Å². The van der Waals surface area contributed by atoms with E-state index in [1.165, 1.54) is 19.3 Å². The maximum absolute atomic E-state index is 13.1. The van der Waals surface area contributed by atoms with Crippen molar-refractivity contribution in [2.45, 2.75) is 102 Å². The van der Waals surface area contributed by atoms with Gasteiger partial charge in [0.05, 0.1) is 18.2 Å². The first-order chi connectivity index (χ1) is 14.1. The number of hydroxylamine groups is 2. The number of rotatable bonds is 3. The van der Waals surface area contributed by atoms with Gasteiger partial charge in [-0.25, -0.2) is 9.69 Å². The molecule has 0 N–H and O–H groups in total. The van der Waals surface area contributed by atoms with E-state index in [1.54, 1.807) is 12.1 Å². The van der Waals surface area contributed by atoms with E-state index in [0.717, 1.165) is 17.7 Å². The zero-order valence-electron chi connectivity index (χ0n) is 18.6. The number of ether oxygens (including phenoxy) is 1. The lowest BCUT2D eigenvalue weighted by Crippen LogP contribution is -2.69. The number of piperidine rings is 1. The Morgan fingerprint density at radius 2 is 1.53 bits per heavy atom. The molecule has 164 valence electrons. The summed E-state index contributed by atoms with van der Waals surface area (Å²) in [5.41, 5.74) is -0.985. The summed E-state index contributed by atoms with van der Waals surface area (Å²) in [6.07, 6.45) is 6.88. The molecule has 1 aliphatic carbocycles. The van der Waals surface area contributed by atoms with E-state index >= 15 is 0 Å². The Bertz CT molecular complexity index is 761. The van der Waals surface area contributed by atoms with E-state index in [0.29, 0.717) is 18.5 Å². The van der Waals surface area contributed by atoms with Crippen LogP contribution in [0.15, 0.2) is 30.3 Å². The number of nitrogens with zero attached hydrogens (tertiary/aromatic N) is 2. The predicted molar refractivity (Wildman–Crippen MR) is 115 cm³/mol. The van der Waals surface area contributed by atoms with Gasteiger partial charge in [-0.2, -0.15) is 5.06 Å². The van der Waals surface area contributed by atoms with Gasteiger partial charge in [-0.15, -0.1) is 0 Å². The Morgan fingerprint density at radius 3 is 2.10 bits per heavy atom. The molecular formula is C24H34N2O4. The number of hydrogen-bond acceptors (Lipinski definition) is 5. The zero-order valence-corrected chi connectivity index (χ0v) is 18.6. The molecule has 0 bridgehead atoms. The van der Waals surface area contributed by atoms with Crippen LogP contribution in [0.25, 0.3) is 0 Å². The van der Waals surface area contributed by atoms with E-state index in [4.69, 9.17) is 9.57 Å². The van der Waals surface area contributed by atoms with Gasteiger partial charge in [0.1, 0.15) is 5.60 Å². The first-order valence-corrected chi connectivity index (χ1v) is 11.2. The number of imide groups is 1. The summed E-state index contributed by atoms with van der Waals surface area (Å²) >= 11 is 0. The molecule has 3 fully saturated rings. The molecule has 0 unspecified atom stereocenters. The second kappa shape index (κ2) is 7.65. The van der Waals surface area contributed by atoms with Crippen LogP contribution in [0.2, 0.25) is 0 Å². The Morgan fingerprint density at radius 1 is 0.933 bits per heavy atom. The second-order valence-electron chi connectivity index (χ2n) is 10.4. The predicted octanol–water partition coefficient (Wildman–Crippen LogP) is 5.22. The molecule has 0 radical (unpaired) electrons. The third kappa shape index (κ3) is 4.00. The molecule has 6 nitrogen and oxygen atoms in total. The molecular weight excluding hydrogens is 380 g/mol. The van der Waals surface area contributed by atoms with Crippen molar-refractivity contribution in [3.63, 3.8) is 0 Å². The first kappa shape index (κ1) is 21.3. The van der Waals surface area contributed by atoms with E-state index in [2.05, 4.69) is 32.8 Å². The molecule has 0 atom stereocenters. The number of para-hydroxylation sites is 1. The summed E-state index contributed by atoms with van der Waals surface area (Å²) < 4.78 is 6.05. The van der Waals surface area contributed by atoms with Crippen LogP contribution in [0.5, 0.6) is 0 Å². The van der Waals surface area contributed by atoms with Crippen LogP contribution < -0.4 is 4.90 Å². The summed E-state index contributed by atoms with van der Waals surface area (Å²) in [5.74, 6) is -0.203. The van der Waals surface area contributed by atoms with Crippen LogP contribution in [0, 0.1) is 0 Å². The lowest BCUT2D eigenvalue weighted by atomic mass is 9.70. The number of amides is 2. The van der Waals surface area contributed by atoms with E-state index < -0.39 is 11.7 Å². The van der Waals surface area contributed by atoms with Gasteiger partial charge in [0, 0.05) is 23.9 Å². The molecule has 30 heavy (non-hydrogen) atoms. The third-order valence-corrected chi connectivity index (χ3v) is 6.64. The van der Waals surface area contributed by atoms with Gasteiger partial charge in [-0.05, 0) is 52.7 Å². The van der Waals surface area contributed by atoms with Gasteiger partial charge in [0.15, 0.2) is 0 Å². The number of carbonyl (C=O) groups excluding carboxylic acids is 2. The minimum atomic E-state index is -0.807. The monoisotopic (exact) mass is 414 g/mol. The number of benzene rings is 1. The highest BCUT2D eigenvalue weighted by atomic mass is 16.7. The highest BCUT2D eigenvalue weighted by Crippen LogP contribution is 2.49. The summed E-state index contributed by atoms with van der Waals surface area (Å²) in [5, 5.41) is 2.13. The van der Waals surface area contributed by atoms with Crippen LogP contribution in [0.3, 0.4) is 0 Å².